The summed E-state index contributed by atoms with van der Waals surface area (Å²) in [7, 11) is 1.62. The van der Waals surface area contributed by atoms with Crippen LogP contribution in [0.25, 0.3) is 0 Å². The summed E-state index contributed by atoms with van der Waals surface area (Å²) in [6, 6.07) is 1.58. The lowest BCUT2D eigenvalue weighted by Gasteiger charge is -2.13. The SMILES string of the molecule is COC[C@@H]1O[C@@H](n2ccc(N)nc2=O)CS1. The van der Waals surface area contributed by atoms with E-state index in [0.29, 0.717) is 12.4 Å². The van der Waals surface area contributed by atoms with Gasteiger partial charge in [-0.3, -0.25) is 4.57 Å². The first-order valence-electron chi connectivity index (χ1n) is 4.81. The third-order valence-electron chi connectivity index (χ3n) is 2.20. The predicted molar refractivity (Wildman–Crippen MR) is 61.2 cm³/mol. The molecule has 1 aliphatic heterocycles. The summed E-state index contributed by atoms with van der Waals surface area (Å²) in [6.45, 7) is 0.512. The molecular weight excluding hydrogens is 230 g/mol. The van der Waals surface area contributed by atoms with Crippen LogP contribution in [-0.2, 0) is 9.47 Å². The van der Waals surface area contributed by atoms with Gasteiger partial charge >= 0.3 is 5.69 Å². The Balaban J connectivity index is 2.11. The summed E-state index contributed by atoms with van der Waals surface area (Å²) in [5.41, 5.74) is 5.00. The van der Waals surface area contributed by atoms with Crippen molar-refractivity contribution in [1.29, 1.82) is 0 Å². The highest BCUT2D eigenvalue weighted by Crippen LogP contribution is 2.30. The summed E-state index contributed by atoms with van der Waals surface area (Å²) in [6.07, 6.45) is 1.32. The first-order chi connectivity index (χ1) is 7.70. The zero-order valence-corrected chi connectivity index (χ0v) is 9.64. The van der Waals surface area contributed by atoms with E-state index >= 15 is 0 Å². The number of anilines is 1. The van der Waals surface area contributed by atoms with Gasteiger partial charge in [0.25, 0.3) is 0 Å². The lowest BCUT2D eigenvalue weighted by atomic mass is 10.5. The topological polar surface area (TPSA) is 79.4 Å². The quantitative estimate of drug-likeness (QED) is 0.808. The van der Waals surface area contributed by atoms with Crippen LogP contribution in [0.1, 0.15) is 6.23 Å². The number of hydrogen-bond donors (Lipinski definition) is 1. The average Bonchev–Trinajstić information content (AvgIpc) is 2.67. The number of nitrogen functional groups attached to an aromatic ring is 1. The van der Waals surface area contributed by atoms with Crippen molar-refractivity contribution in [3.8, 4) is 0 Å². The van der Waals surface area contributed by atoms with Crippen molar-refractivity contribution in [3.05, 3.63) is 22.7 Å². The van der Waals surface area contributed by atoms with E-state index in [1.807, 2.05) is 0 Å². The minimum Gasteiger partial charge on any atom is -0.383 e. The molecule has 2 rings (SSSR count). The average molecular weight is 243 g/mol. The van der Waals surface area contributed by atoms with Gasteiger partial charge in [-0.05, 0) is 6.07 Å². The molecule has 88 valence electrons. The van der Waals surface area contributed by atoms with Gasteiger partial charge in [-0.15, -0.1) is 11.8 Å². The van der Waals surface area contributed by atoms with Gasteiger partial charge in [-0.25, -0.2) is 4.79 Å². The van der Waals surface area contributed by atoms with Gasteiger partial charge in [-0.1, -0.05) is 0 Å². The lowest BCUT2D eigenvalue weighted by molar-refractivity contribution is -0.0152. The Morgan fingerprint density at radius 3 is 3.31 bits per heavy atom. The Hall–Kier alpha value is -1.05. The molecule has 2 N–H and O–H groups in total. The van der Waals surface area contributed by atoms with E-state index in [1.54, 1.807) is 31.1 Å². The first kappa shape index (κ1) is 11.4. The van der Waals surface area contributed by atoms with Crippen LogP contribution in [0.2, 0.25) is 0 Å². The molecule has 6 nitrogen and oxygen atoms in total. The van der Waals surface area contributed by atoms with Crippen LogP contribution in [0.3, 0.4) is 0 Å². The number of nitrogens with two attached hydrogens (primary N) is 1. The van der Waals surface area contributed by atoms with Gasteiger partial charge in [0.1, 0.15) is 17.5 Å². The van der Waals surface area contributed by atoms with Crippen molar-refractivity contribution in [3.63, 3.8) is 0 Å². The number of hydrogen-bond acceptors (Lipinski definition) is 6. The monoisotopic (exact) mass is 243 g/mol. The largest absolute Gasteiger partial charge is 0.383 e. The molecule has 0 aromatic carbocycles. The summed E-state index contributed by atoms with van der Waals surface area (Å²) >= 11 is 1.62. The minimum absolute atomic E-state index is 0.0283. The zero-order valence-electron chi connectivity index (χ0n) is 8.83. The summed E-state index contributed by atoms with van der Waals surface area (Å²) in [4.78, 5) is 15.2. The molecular formula is C9H13N3O3S. The van der Waals surface area contributed by atoms with Crippen molar-refractivity contribution in [2.24, 2.45) is 0 Å². The van der Waals surface area contributed by atoms with E-state index in [0.717, 1.165) is 0 Å². The van der Waals surface area contributed by atoms with Crippen molar-refractivity contribution < 1.29 is 9.47 Å². The zero-order chi connectivity index (χ0) is 11.5. The molecule has 2 atom stereocenters. The smallest absolute Gasteiger partial charge is 0.351 e. The van der Waals surface area contributed by atoms with Gasteiger partial charge in [-0.2, -0.15) is 4.98 Å². The van der Waals surface area contributed by atoms with Crippen LogP contribution in [0.4, 0.5) is 5.82 Å². The molecule has 1 fully saturated rings. The molecule has 1 aliphatic rings. The second-order valence-corrected chi connectivity index (χ2v) is 4.54. The highest BCUT2D eigenvalue weighted by atomic mass is 32.2. The number of nitrogens with zero attached hydrogens (tertiary/aromatic N) is 2. The second-order valence-electron chi connectivity index (χ2n) is 3.35. The normalized spacial score (nSPS) is 24.8. The second kappa shape index (κ2) is 4.86. The van der Waals surface area contributed by atoms with E-state index in [9.17, 15) is 4.79 Å². The van der Waals surface area contributed by atoms with Crippen LogP contribution < -0.4 is 11.4 Å². The maximum atomic E-state index is 11.5. The Labute approximate surface area is 96.8 Å². The van der Waals surface area contributed by atoms with Crippen LogP contribution >= 0.6 is 11.8 Å². The highest BCUT2D eigenvalue weighted by molar-refractivity contribution is 8.00. The molecule has 0 unspecified atom stereocenters. The Bertz CT molecular complexity index is 423. The lowest BCUT2D eigenvalue weighted by Crippen LogP contribution is -2.28. The number of aromatic nitrogens is 2. The van der Waals surface area contributed by atoms with Crippen LogP contribution in [0, 0.1) is 0 Å². The van der Waals surface area contributed by atoms with Gasteiger partial charge in [0.15, 0.2) is 0 Å². The van der Waals surface area contributed by atoms with Crippen molar-refractivity contribution in [1.82, 2.24) is 9.55 Å². The Kier molecular flexibility index (Phi) is 3.47. The maximum absolute atomic E-state index is 11.5. The maximum Gasteiger partial charge on any atom is 0.351 e. The summed E-state index contributed by atoms with van der Waals surface area (Å²) < 4.78 is 12.1. The first-order valence-corrected chi connectivity index (χ1v) is 5.86. The highest BCUT2D eigenvalue weighted by Gasteiger charge is 2.27. The van der Waals surface area contributed by atoms with Crippen LogP contribution in [-0.4, -0.2) is 34.5 Å². The standard InChI is InChI=1S/C9H13N3O3S/c1-14-4-8-15-7(5-16-8)12-3-2-6(10)11-9(12)13/h2-3,7-8H,4-5H2,1H3,(H2,10,11,13)/t7-,8-/m1/s1. The van der Waals surface area contributed by atoms with E-state index in [2.05, 4.69) is 4.98 Å². The van der Waals surface area contributed by atoms with Gasteiger partial charge < -0.3 is 15.2 Å². The predicted octanol–water partition coefficient (Wildman–Crippen LogP) is 0.0600. The molecule has 7 heteroatoms. The van der Waals surface area contributed by atoms with E-state index in [-0.39, 0.29) is 23.2 Å². The van der Waals surface area contributed by atoms with Crippen molar-refractivity contribution >= 4 is 17.6 Å². The minimum atomic E-state index is -0.385. The number of thioether (sulfide) groups is 1. The van der Waals surface area contributed by atoms with E-state index in [1.165, 1.54) is 4.57 Å². The molecule has 2 heterocycles. The summed E-state index contributed by atoms with van der Waals surface area (Å²) in [5.74, 6) is 0.930. The molecule has 0 aliphatic carbocycles. The van der Waals surface area contributed by atoms with Crippen LogP contribution in [0.15, 0.2) is 17.1 Å². The van der Waals surface area contributed by atoms with Crippen LogP contribution in [0.5, 0.6) is 0 Å². The molecule has 16 heavy (non-hydrogen) atoms. The third-order valence-corrected chi connectivity index (χ3v) is 3.29. The fourth-order valence-corrected chi connectivity index (χ4v) is 2.52. The third kappa shape index (κ3) is 2.37. The fourth-order valence-electron chi connectivity index (χ4n) is 1.46. The van der Waals surface area contributed by atoms with Gasteiger partial charge in [0.05, 0.1) is 6.61 Å². The number of rotatable bonds is 3. The van der Waals surface area contributed by atoms with Crippen molar-refractivity contribution in [2.45, 2.75) is 11.7 Å². The molecule has 1 aromatic rings. The Morgan fingerprint density at radius 2 is 2.62 bits per heavy atom. The molecule has 0 bridgehead atoms. The van der Waals surface area contributed by atoms with E-state index in [4.69, 9.17) is 15.2 Å². The van der Waals surface area contributed by atoms with E-state index < -0.39 is 0 Å². The van der Waals surface area contributed by atoms with Crippen molar-refractivity contribution in [2.75, 3.05) is 25.2 Å². The molecule has 0 spiro atoms. The molecule has 1 aromatic heterocycles. The molecule has 0 amide bonds. The summed E-state index contributed by atoms with van der Waals surface area (Å²) in [5, 5.41) is 0. The van der Waals surface area contributed by atoms with Gasteiger partial charge in [0.2, 0.25) is 0 Å². The Morgan fingerprint density at radius 1 is 1.81 bits per heavy atom. The van der Waals surface area contributed by atoms with Gasteiger partial charge in [0, 0.05) is 19.1 Å². The molecule has 1 saturated heterocycles. The number of ether oxygens (including phenoxy) is 2. The fraction of sp³-hybridized carbons (Fsp3) is 0.556. The molecule has 0 radical (unpaired) electrons. The molecule has 0 saturated carbocycles. The number of methoxy groups -OCH3 is 1.